The molecule has 1 fully saturated rings. The van der Waals surface area contributed by atoms with Crippen LogP contribution >= 0.6 is 0 Å². The van der Waals surface area contributed by atoms with Crippen LogP contribution in [0.4, 0.5) is 0 Å². The van der Waals surface area contributed by atoms with Crippen LogP contribution in [0.2, 0.25) is 0 Å². The predicted octanol–water partition coefficient (Wildman–Crippen LogP) is -1.87. The van der Waals surface area contributed by atoms with Gasteiger partial charge in [-0.1, -0.05) is 0 Å². The van der Waals surface area contributed by atoms with Crippen molar-refractivity contribution < 1.29 is 26.3 Å². The number of hydrogen-bond acceptors (Lipinski definition) is 5. The molecule has 0 radical (unpaired) electrons. The Balaban J connectivity index is 0.00000121. The van der Waals surface area contributed by atoms with E-state index in [4.69, 9.17) is 10.2 Å². The monoisotopic (exact) mass is 163 g/mol. The Kier molecular flexibility index (Phi) is 1.98. The summed E-state index contributed by atoms with van der Waals surface area (Å²) in [4.78, 5) is 10.3. The van der Waals surface area contributed by atoms with Crippen molar-refractivity contribution in [3.8, 4) is 0 Å². The molecule has 1 rings (SSSR count). The zero-order valence-electron chi connectivity index (χ0n) is 6.97. The molecule has 5 nitrogen and oxygen atoms in total. The fourth-order valence-corrected chi connectivity index (χ4v) is 1.03. The van der Waals surface area contributed by atoms with E-state index in [0.717, 1.165) is 0 Å². The first kappa shape index (κ1) is 8.61. The highest BCUT2D eigenvalue weighted by atomic mass is 16.6. The van der Waals surface area contributed by atoms with Crippen molar-refractivity contribution in [1.82, 2.24) is 0 Å². The highest BCUT2D eigenvalue weighted by Gasteiger charge is 2.52. The van der Waals surface area contributed by atoms with Gasteiger partial charge in [0.05, 0.1) is 6.10 Å². The topological polar surface area (TPSA) is 87.0 Å². The Morgan fingerprint density at radius 3 is 2.36 bits per heavy atom. The molecule has 1 saturated heterocycles. The van der Waals surface area contributed by atoms with Gasteiger partial charge in [0, 0.05) is 0 Å². The van der Waals surface area contributed by atoms with E-state index in [9.17, 15) is 9.90 Å². The van der Waals surface area contributed by atoms with Crippen LogP contribution in [-0.2, 0) is 9.53 Å². The number of aldehydes is 1. The molecule has 0 bridgehead atoms. The molecule has 4 atom stereocenters. The number of aliphatic hydroxyl groups excluding tert-OH is 2. The molecule has 0 aromatic carbocycles. The minimum atomic E-state index is -1.97. The lowest BCUT2D eigenvalue weighted by Crippen LogP contribution is -2.48. The van der Waals surface area contributed by atoms with Gasteiger partial charge in [-0.15, -0.1) is 0 Å². The minimum absolute atomic E-state index is 0. The van der Waals surface area contributed by atoms with E-state index >= 15 is 0 Å². The number of rotatable bonds is 1. The molecule has 3 N–H and O–H groups in total. The molecule has 0 aliphatic carbocycles. The molecule has 0 saturated carbocycles. The molecule has 0 aromatic rings. The van der Waals surface area contributed by atoms with Crippen molar-refractivity contribution in [1.29, 1.82) is 0 Å². The van der Waals surface area contributed by atoms with Gasteiger partial charge in [-0.05, 0) is 6.92 Å². The Bertz CT molecular complexity index is 175. The van der Waals surface area contributed by atoms with Crippen molar-refractivity contribution in [3.63, 3.8) is 0 Å². The lowest BCUT2D eigenvalue weighted by Gasteiger charge is -2.21. The second kappa shape index (κ2) is 2.53. The fraction of sp³-hybridized carbons (Fsp3) is 0.833. The van der Waals surface area contributed by atoms with E-state index in [1.807, 2.05) is 0 Å². The quantitative estimate of drug-likeness (QED) is 0.394. The van der Waals surface area contributed by atoms with Gasteiger partial charge in [0.25, 0.3) is 0 Å². The van der Waals surface area contributed by atoms with Crippen molar-refractivity contribution in [2.45, 2.75) is 31.0 Å². The number of carbonyl (C=O) groups excluding carboxylic acids is 1. The summed E-state index contributed by atoms with van der Waals surface area (Å²) in [5, 5.41) is 27.2. The van der Waals surface area contributed by atoms with E-state index in [1.165, 1.54) is 6.92 Å². The summed E-state index contributed by atoms with van der Waals surface area (Å²) in [6.45, 7) is 1.40. The molecule has 1 heterocycles. The second-order valence-corrected chi connectivity index (χ2v) is 2.62. The lowest BCUT2D eigenvalue weighted by atomic mass is 9.96. The van der Waals surface area contributed by atoms with Gasteiger partial charge in [-0.25, -0.2) is 0 Å². The van der Waals surface area contributed by atoms with Crippen LogP contribution in [0.3, 0.4) is 0 Å². The van der Waals surface area contributed by atoms with Gasteiger partial charge in [-0.3, -0.25) is 4.79 Å². The summed E-state index contributed by atoms with van der Waals surface area (Å²) in [6, 6.07) is 0. The van der Waals surface area contributed by atoms with E-state index in [0.29, 0.717) is 0 Å². The molecule has 0 unspecified atom stereocenters. The van der Waals surface area contributed by atoms with Crippen LogP contribution in [-0.4, -0.2) is 45.7 Å². The largest absolute Gasteiger partial charge is 1.00 e. The first-order valence-electron chi connectivity index (χ1n) is 3.22. The summed E-state index contributed by atoms with van der Waals surface area (Å²) in [7, 11) is 0. The first-order valence-corrected chi connectivity index (χ1v) is 3.22. The zero-order valence-corrected chi connectivity index (χ0v) is 5.97. The van der Waals surface area contributed by atoms with Crippen molar-refractivity contribution in [2.75, 3.05) is 0 Å². The van der Waals surface area contributed by atoms with Gasteiger partial charge >= 0.3 is 1.43 Å². The molecular weight excluding hydrogens is 152 g/mol. The van der Waals surface area contributed by atoms with Gasteiger partial charge in [0.15, 0.2) is 18.2 Å². The lowest BCUT2D eigenvalue weighted by molar-refractivity contribution is -0.139. The molecule has 5 heteroatoms. The summed E-state index contributed by atoms with van der Waals surface area (Å²) in [5.74, 6) is 0. The van der Waals surface area contributed by atoms with Crippen LogP contribution in [0.1, 0.15) is 8.35 Å². The third-order valence-corrected chi connectivity index (χ3v) is 1.93. The van der Waals surface area contributed by atoms with Gasteiger partial charge in [-0.2, -0.15) is 0 Å². The van der Waals surface area contributed by atoms with Gasteiger partial charge in [0.2, 0.25) is 0 Å². The molecule has 64 valence electrons. The average Bonchev–Trinajstić information content (AvgIpc) is 2.16. The van der Waals surface area contributed by atoms with Crippen LogP contribution < -0.4 is 0 Å². The van der Waals surface area contributed by atoms with E-state index in [2.05, 4.69) is 4.74 Å². The van der Waals surface area contributed by atoms with Crippen molar-refractivity contribution in [2.24, 2.45) is 0 Å². The van der Waals surface area contributed by atoms with E-state index in [-0.39, 0.29) is 7.71 Å². The molecule has 1 aliphatic heterocycles. The maximum atomic E-state index is 10.3. The number of carbonyl (C=O) groups is 1. The maximum Gasteiger partial charge on any atom is 1.00 e. The zero-order chi connectivity index (χ0) is 8.65. The molecule has 0 amide bonds. The van der Waals surface area contributed by atoms with Crippen LogP contribution in [0, 0.1) is 0 Å². The number of hydrogen-bond donors (Lipinski definition) is 3. The molecule has 11 heavy (non-hydrogen) atoms. The first-order chi connectivity index (χ1) is 5.02. The van der Waals surface area contributed by atoms with E-state index in [1.54, 1.807) is 0 Å². The highest BCUT2D eigenvalue weighted by Crippen LogP contribution is 2.27. The molecule has 0 aromatic heterocycles. The van der Waals surface area contributed by atoms with E-state index < -0.39 is 24.1 Å². The van der Waals surface area contributed by atoms with Crippen molar-refractivity contribution in [3.05, 3.63) is 0 Å². The summed E-state index contributed by atoms with van der Waals surface area (Å²) in [5.41, 5.74) is -1.97. The maximum absolute atomic E-state index is 10.3. The number of aliphatic hydroxyl groups is 3. The Morgan fingerprint density at radius 1 is 1.64 bits per heavy atom. The van der Waals surface area contributed by atoms with Gasteiger partial charge < -0.3 is 20.1 Å². The summed E-state index contributed by atoms with van der Waals surface area (Å²) < 4.78 is 4.60. The Labute approximate surface area is 64.7 Å². The highest BCUT2D eigenvalue weighted by molar-refractivity contribution is 5.65. The third kappa shape index (κ3) is 1.06. The normalized spacial score (nSPS) is 51.1. The smallest absolute Gasteiger partial charge is 0.384 e. The van der Waals surface area contributed by atoms with Crippen LogP contribution in [0.25, 0.3) is 0 Å². The Morgan fingerprint density at radius 2 is 2.18 bits per heavy atom. The summed E-state index contributed by atoms with van der Waals surface area (Å²) >= 11 is 0. The molecule has 0 spiro atoms. The number of ether oxygens (including phenoxy) is 1. The third-order valence-electron chi connectivity index (χ3n) is 1.93. The Hall–Kier alpha value is -0.490. The van der Waals surface area contributed by atoms with Crippen LogP contribution in [0.5, 0.6) is 0 Å². The SMILES string of the molecule is C[C@@H]1O[C@H](O)[C@H](O)[C@@]1(O)C=O.[H+]. The molecular formula is C6H11O5+. The van der Waals surface area contributed by atoms with Crippen LogP contribution in [0.15, 0.2) is 0 Å². The van der Waals surface area contributed by atoms with Crippen molar-refractivity contribution >= 4 is 6.29 Å². The second-order valence-electron chi connectivity index (χ2n) is 2.62. The minimum Gasteiger partial charge on any atom is -0.384 e. The predicted molar refractivity (Wildman–Crippen MR) is 34.7 cm³/mol. The van der Waals surface area contributed by atoms with Gasteiger partial charge in [0.1, 0.15) is 6.10 Å². The average molecular weight is 163 g/mol. The molecule has 1 aliphatic rings. The fourth-order valence-electron chi connectivity index (χ4n) is 1.03. The summed E-state index contributed by atoms with van der Waals surface area (Å²) in [6.07, 6.45) is -3.75. The standard InChI is InChI=1S/C6H10O5/c1-3-6(10,2-7)4(8)5(9)11-3/h2-5,8-10H,1H3/p+1/t3-,4-,5-,6+/m0/s1.